The Hall–Kier alpha value is -4.56. The Morgan fingerprint density at radius 3 is 2.40 bits per heavy atom. The SMILES string of the molecule is CC(=O)Nc1cc(N(C)C(=O)Nc2cc(NC(=O)c3ccc(CN4CCN(C)CC4)c(C(F)(F)F)c3)ccc2C)[nH+]cn1. The average molecular weight is 600 g/mol. The van der Waals surface area contributed by atoms with Crippen LogP contribution in [-0.4, -0.2) is 72.9 Å². The first kappa shape index (κ1) is 31.4. The minimum absolute atomic E-state index is 0.119. The number of aromatic amines is 1. The highest BCUT2D eigenvalue weighted by atomic mass is 19.4. The highest BCUT2D eigenvalue weighted by molar-refractivity contribution is 6.05. The Balaban J connectivity index is 1.47. The van der Waals surface area contributed by atoms with Crippen molar-refractivity contribution in [3.63, 3.8) is 0 Å². The number of aryl methyl sites for hydroxylation is 1. The lowest BCUT2D eigenvalue weighted by atomic mass is 10.0. The predicted molar refractivity (Wildman–Crippen MR) is 156 cm³/mol. The zero-order valence-electron chi connectivity index (χ0n) is 24.3. The van der Waals surface area contributed by atoms with Crippen LogP contribution in [0.25, 0.3) is 0 Å². The molecule has 0 aliphatic carbocycles. The molecular formula is C29H34F3N8O3+. The Morgan fingerprint density at radius 1 is 1.00 bits per heavy atom. The molecule has 0 saturated carbocycles. The normalized spacial score (nSPS) is 14.2. The van der Waals surface area contributed by atoms with Crippen LogP contribution in [0.2, 0.25) is 0 Å². The molecule has 1 saturated heterocycles. The summed E-state index contributed by atoms with van der Waals surface area (Å²) in [7, 11) is 3.48. The molecule has 0 unspecified atom stereocenters. The molecule has 228 valence electrons. The number of carbonyl (C=O) groups is 3. The van der Waals surface area contributed by atoms with Crippen molar-refractivity contribution in [2.24, 2.45) is 0 Å². The lowest BCUT2D eigenvalue weighted by molar-refractivity contribution is -0.367. The number of carbonyl (C=O) groups excluding carboxylic acids is 3. The summed E-state index contributed by atoms with van der Waals surface area (Å²) < 4.78 is 42.0. The van der Waals surface area contributed by atoms with E-state index in [0.29, 0.717) is 30.2 Å². The van der Waals surface area contributed by atoms with Gasteiger partial charge in [-0.1, -0.05) is 17.1 Å². The third-order valence-corrected chi connectivity index (χ3v) is 7.06. The lowest BCUT2D eigenvalue weighted by Gasteiger charge is -2.33. The summed E-state index contributed by atoms with van der Waals surface area (Å²) in [6, 6.07) is 9.36. The van der Waals surface area contributed by atoms with Crippen molar-refractivity contribution < 1.29 is 32.5 Å². The van der Waals surface area contributed by atoms with E-state index in [4.69, 9.17) is 0 Å². The van der Waals surface area contributed by atoms with Crippen LogP contribution in [0.3, 0.4) is 0 Å². The maximum atomic E-state index is 14.0. The van der Waals surface area contributed by atoms with Crippen LogP contribution >= 0.6 is 0 Å². The Morgan fingerprint density at radius 2 is 1.72 bits per heavy atom. The van der Waals surface area contributed by atoms with Crippen LogP contribution in [-0.2, 0) is 17.5 Å². The van der Waals surface area contributed by atoms with Gasteiger partial charge < -0.3 is 10.2 Å². The first-order valence-electron chi connectivity index (χ1n) is 13.5. The van der Waals surface area contributed by atoms with Gasteiger partial charge in [-0.05, 0) is 49.4 Å². The minimum atomic E-state index is -4.62. The molecule has 4 N–H and O–H groups in total. The van der Waals surface area contributed by atoms with Gasteiger partial charge in [0.05, 0.1) is 18.7 Å². The van der Waals surface area contributed by atoms with Gasteiger partial charge in [0.2, 0.25) is 23.9 Å². The third-order valence-electron chi connectivity index (χ3n) is 7.06. The minimum Gasteiger partial charge on any atom is -0.322 e. The molecule has 2 aromatic carbocycles. The molecule has 0 bridgehead atoms. The number of hydrogen-bond acceptors (Lipinski definition) is 6. The summed E-state index contributed by atoms with van der Waals surface area (Å²) in [5.41, 5.74) is 0.493. The molecule has 0 radical (unpaired) electrons. The first-order valence-corrected chi connectivity index (χ1v) is 13.5. The van der Waals surface area contributed by atoms with Gasteiger partial charge in [0.15, 0.2) is 0 Å². The molecule has 1 aliphatic rings. The summed E-state index contributed by atoms with van der Waals surface area (Å²) in [5.74, 6) is -0.438. The molecule has 11 nitrogen and oxygen atoms in total. The summed E-state index contributed by atoms with van der Waals surface area (Å²) in [5, 5.41) is 7.92. The number of anilines is 4. The van der Waals surface area contributed by atoms with E-state index in [-0.39, 0.29) is 35.1 Å². The zero-order valence-corrected chi connectivity index (χ0v) is 24.3. The average Bonchev–Trinajstić information content (AvgIpc) is 2.95. The third kappa shape index (κ3) is 8.26. The number of likely N-dealkylation sites (N-methyl/N-ethyl adjacent to an activating group) is 1. The fraction of sp³-hybridized carbons (Fsp3) is 0.345. The van der Waals surface area contributed by atoms with E-state index in [9.17, 15) is 27.6 Å². The number of rotatable bonds is 7. The fourth-order valence-electron chi connectivity index (χ4n) is 4.53. The molecule has 4 amide bonds. The highest BCUT2D eigenvalue weighted by Crippen LogP contribution is 2.34. The quantitative estimate of drug-likeness (QED) is 0.379. The molecule has 0 spiro atoms. The Labute approximate surface area is 247 Å². The number of urea groups is 1. The lowest BCUT2D eigenvalue weighted by Crippen LogP contribution is -2.44. The number of nitrogens with zero attached hydrogens (tertiary/aromatic N) is 4. The number of piperazine rings is 1. The molecule has 1 fully saturated rings. The molecule has 1 aromatic heterocycles. The second-order valence-corrected chi connectivity index (χ2v) is 10.4. The number of halogens is 3. The molecule has 0 atom stereocenters. The van der Waals surface area contributed by atoms with Gasteiger partial charge in [-0.25, -0.2) is 14.7 Å². The smallest absolute Gasteiger partial charge is 0.322 e. The van der Waals surface area contributed by atoms with Gasteiger partial charge in [-0.3, -0.25) is 25.1 Å². The van der Waals surface area contributed by atoms with Crippen LogP contribution in [0.1, 0.15) is 34.0 Å². The summed E-state index contributed by atoms with van der Waals surface area (Å²) in [6.45, 7) is 6.11. The van der Waals surface area contributed by atoms with E-state index >= 15 is 0 Å². The maximum Gasteiger partial charge on any atom is 0.416 e. The van der Waals surface area contributed by atoms with E-state index in [1.54, 1.807) is 19.1 Å². The fourth-order valence-corrected chi connectivity index (χ4v) is 4.53. The maximum absolute atomic E-state index is 14.0. The van der Waals surface area contributed by atoms with Crippen molar-refractivity contribution in [3.05, 3.63) is 71.0 Å². The summed E-state index contributed by atoms with van der Waals surface area (Å²) in [4.78, 5) is 49.5. The van der Waals surface area contributed by atoms with E-state index in [2.05, 4.69) is 30.8 Å². The van der Waals surface area contributed by atoms with E-state index in [0.717, 1.165) is 19.2 Å². The molecule has 43 heavy (non-hydrogen) atoms. The van der Waals surface area contributed by atoms with Crippen LogP contribution in [0.4, 0.5) is 41.0 Å². The summed E-state index contributed by atoms with van der Waals surface area (Å²) >= 11 is 0. The second kappa shape index (κ2) is 13.2. The molecular weight excluding hydrogens is 565 g/mol. The number of amides is 4. The number of benzene rings is 2. The number of hydrogen-bond donors (Lipinski definition) is 3. The number of aromatic nitrogens is 2. The monoisotopic (exact) mass is 599 g/mol. The van der Waals surface area contributed by atoms with Crippen molar-refractivity contribution in [1.29, 1.82) is 0 Å². The second-order valence-electron chi connectivity index (χ2n) is 10.4. The van der Waals surface area contributed by atoms with Crippen LogP contribution in [0.15, 0.2) is 48.8 Å². The van der Waals surface area contributed by atoms with Crippen molar-refractivity contribution in [3.8, 4) is 0 Å². The van der Waals surface area contributed by atoms with Crippen molar-refractivity contribution in [1.82, 2.24) is 14.8 Å². The van der Waals surface area contributed by atoms with E-state index in [1.165, 1.54) is 49.5 Å². The Kier molecular flexibility index (Phi) is 9.61. The van der Waals surface area contributed by atoms with Crippen LogP contribution in [0.5, 0.6) is 0 Å². The van der Waals surface area contributed by atoms with E-state index in [1.807, 2.05) is 11.9 Å². The number of nitrogens with one attached hydrogen (secondary N) is 4. The summed E-state index contributed by atoms with van der Waals surface area (Å²) in [6.07, 6.45) is -3.30. The van der Waals surface area contributed by atoms with Gasteiger partial charge in [-0.2, -0.15) is 13.2 Å². The van der Waals surface area contributed by atoms with Gasteiger partial charge in [0, 0.05) is 56.6 Å². The topological polar surface area (TPSA) is 124 Å². The Bertz CT molecular complexity index is 1510. The molecule has 14 heteroatoms. The van der Waals surface area contributed by atoms with Crippen LogP contribution in [0, 0.1) is 6.92 Å². The number of alkyl halides is 3. The van der Waals surface area contributed by atoms with Gasteiger partial charge in [0.1, 0.15) is 0 Å². The van der Waals surface area contributed by atoms with Crippen molar-refractivity contribution >= 4 is 40.9 Å². The first-order chi connectivity index (χ1) is 20.3. The van der Waals surface area contributed by atoms with Gasteiger partial charge >= 0.3 is 12.2 Å². The number of H-pyrrole nitrogens is 1. The van der Waals surface area contributed by atoms with Gasteiger partial charge in [-0.15, -0.1) is 0 Å². The molecule has 4 rings (SSSR count). The largest absolute Gasteiger partial charge is 0.416 e. The zero-order chi connectivity index (χ0) is 31.3. The van der Waals surface area contributed by atoms with Crippen molar-refractivity contribution in [2.75, 3.05) is 61.1 Å². The molecule has 1 aliphatic heterocycles. The predicted octanol–water partition coefficient (Wildman–Crippen LogP) is 3.85. The van der Waals surface area contributed by atoms with Gasteiger partial charge in [0.25, 0.3) is 5.91 Å². The van der Waals surface area contributed by atoms with Crippen LogP contribution < -0.4 is 25.8 Å². The molecule has 2 heterocycles. The highest BCUT2D eigenvalue weighted by Gasteiger charge is 2.34. The molecule has 3 aromatic rings. The standard InChI is InChI=1S/C29H33F3N8O3/c1-18-5-8-22(14-24(18)37-28(43)39(4)26-15-25(33-17-34-26)35-19(2)41)36-27(42)20-6-7-21(23(13-20)29(30,31)32)16-40-11-9-38(3)10-12-40/h5-8,13-15,17H,9-12,16H2,1-4H3,(H,36,42)(H,37,43)(H,33,34,35,41)/p+1. The van der Waals surface area contributed by atoms with E-state index < -0.39 is 23.7 Å². The van der Waals surface area contributed by atoms with Crippen molar-refractivity contribution in [2.45, 2.75) is 26.6 Å².